The quantitative estimate of drug-likeness (QED) is 0.424. The monoisotopic (exact) mass is 406 g/mol. The number of nitrogens with zero attached hydrogens (tertiary/aromatic N) is 2. The van der Waals surface area contributed by atoms with Crippen LogP contribution >= 0.6 is 11.3 Å². The summed E-state index contributed by atoms with van der Waals surface area (Å²) in [5, 5.41) is 7.10. The first-order valence-electron chi connectivity index (χ1n) is 9.61. The zero-order valence-electron chi connectivity index (χ0n) is 16.1. The molecule has 0 aliphatic rings. The molecular weight excluding hydrogens is 384 g/mol. The van der Waals surface area contributed by atoms with E-state index in [1.165, 1.54) is 0 Å². The summed E-state index contributed by atoms with van der Waals surface area (Å²) in [5.41, 5.74) is 3.50. The summed E-state index contributed by atoms with van der Waals surface area (Å²) < 4.78 is 5.51. The van der Waals surface area contributed by atoms with E-state index in [9.17, 15) is 4.79 Å². The molecule has 0 saturated carbocycles. The molecule has 0 spiro atoms. The van der Waals surface area contributed by atoms with Crippen LogP contribution in [0.4, 0.5) is 0 Å². The van der Waals surface area contributed by atoms with E-state index in [4.69, 9.17) is 4.74 Å². The lowest BCUT2D eigenvalue weighted by Gasteiger charge is -2.02. The van der Waals surface area contributed by atoms with Crippen LogP contribution in [0.25, 0.3) is 22.2 Å². The second kappa shape index (κ2) is 8.87. The molecule has 0 fully saturated rings. The van der Waals surface area contributed by atoms with Gasteiger partial charge in [-0.05, 0) is 43.7 Å². The lowest BCUT2D eigenvalue weighted by Crippen LogP contribution is -2.25. The number of H-pyrrole nitrogens is 1. The highest BCUT2D eigenvalue weighted by atomic mass is 32.1. The van der Waals surface area contributed by atoms with E-state index in [0.29, 0.717) is 18.8 Å². The van der Waals surface area contributed by atoms with Crippen molar-refractivity contribution in [2.75, 3.05) is 13.2 Å². The second-order valence-electron chi connectivity index (χ2n) is 6.59. The topological polar surface area (TPSA) is 79.9 Å². The van der Waals surface area contributed by atoms with Crippen molar-refractivity contribution >= 4 is 28.1 Å². The number of nitrogens with one attached hydrogen (secondary N) is 2. The minimum Gasteiger partial charge on any atom is -0.494 e. The fourth-order valence-electron chi connectivity index (χ4n) is 3.10. The SMILES string of the molecule is CCOc1ccc2cc(C(=O)NCCCc3nc(-c4ccncc4)cs3)[nH]c2c1. The number of aryl methyl sites for hydroxylation is 1. The molecule has 4 aromatic rings. The van der Waals surface area contributed by atoms with Crippen LogP contribution in [0.3, 0.4) is 0 Å². The Bertz CT molecular complexity index is 1100. The first-order chi connectivity index (χ1) is 14.2. The van der Waals surface area contributed by atoms with Gasteiger partial charge < -0.3 is 15.0 Å². The van der Waals surface area contributed by atoms with Crippen molar-refractivity contribution in [2.24, 2.45) is 0 Å². The number of pyridine rings is 1. The number of hydrogen-bond acceptors (Lipinski definition) is 5. The molecule has 3 aromatic heterocycles. The Hall–Kier alpha value is -3.19. The standard InChI is InChI=1S/C22H22N4O2S/c1-2-28-17-6-5-16-12-19(25-18(16)13-17)22(27)24-9-3-4-21-26-20(14-29-21)15-7-10-23-11-8-15/h5-8,10-14,25H,2-4,9H2,1H3,(H,24,27). The molecule has 0 atom stereocenters. The number of fused-ring (bicyclic) bond motifs is 1. The number of aromatic amines is 1. The average molecular weight is 407 g/mol. The number of amides is 1. The molecule has 0 bridgehead atoms. The third-order valence-electron chi connectivity index (χ3n) is 4.53. The van der Waals surface area contributed by atoms with Gasteiger partial charge in [0, 0.05) is 53.3 Å². The van der Waals surface area contributed by atoms with Crippen molar-refractivity contribution in [3.05, 3.63) is 64.9 Å². The van der Waals surface area contributed by atoms with Gasteiger partial charge in [0.15, 0.2) is 0 Å². The molecule has 1 aromatic carbocycles. The summed E-state index contributed by atoms with van der Waals surface area (Å²) >= 11 is 1.65. The molecule has 6 nitrogen and oxygen atoms in total. The molecule has 7 heteroatoms. The summed E-state index contributed by atoms with van der Waals surface area (Å²) in [4.78, 5) is 24.3. The third-order valence-corrected chi connectivity index (χ3v) is 5.44. The normalized spacial score (nSPS) is 10.9. The predicted octanol–water partition coefficient (Wildman–Crippen LogP) is 4.45. The zero-order valence-corrected chi connectivity index (χ0v) is 17.0. The molecule has 0 aliphatic heterocycles. The summed E-state index contributed by atoms with van der Waals surface area (Å²) in [6, 6.07) is 11.6. The maximum atomic E-state index is 12.4. The summed E-state index contributed by atoms with van der Waals surface area (Å²) in [6.45, 7) is 3.16. The second-order valence-corrected chi connectivity index (χ2v) is 7.53. The Labute approximate surface area is 173 Å². The van der Waals surface area contributed by atoms with E-state index in [1.807, 2.05) is 43.3 Å². The number of carbonyl (C=O) groups excluding carboxylic acids is 1. The Morgan fingerprint density at radius 2 is 2.07 bits per heavy atom. The molecule has 0 unspecified atom stereocenters. The predicted molar refractivity (Wildman–Crippen MR) is 115 cm³/mol. The van der Waals surface area contributed by atoms with Crippen LogP contribution in [-0.2, 0) is 6.42 Å². The molecule has 3 heterocycles. The van der Waals surface area contributed by atoms with Crippen LogP contribution in [0.15, 0.2) is 54.2 Å². The van der Waals surface area contributed by atoms with Crippen LogP contribution in [0.5, 0.6) is 5.75 Å². The highest BCUT2D eigenvalue weighted by Gasteiger charge is 2.10. The van der Waals surface area contributed by atoms with Gasteiger partial charge in [0.05, 0.1) is 17.3 Å². The maximum absolute atomic E-state index is 12.4. The lowest BCUT2D eigenvalue weighted by atomic mass is 10.2. The van der Waals surface area contributed by atoms with Gasteiger partial charge in [-0.15, -0.1) is 11.3 Å². The van der Waals surface area contributed by atoms with Gasteiger partial charge in [0.25, 0.3) is 5.91 Å². The number of thiazole rings is 1. The van der Waals surface area contributed by atoms with Crippen LogP contribution in [0.2, 0.25) is 0 Å². The lowest BCUT2D eigenvalue weighted by molar-refractivity contribution is 0.0949. The van der Waals surface area contributed by atoms with Gasteiger partial charge in [0.2, 0.25) is 0 Å². The smallest absolute Gasteiger partial charge is 0.267 e. The summed E-state index contributed by atoms with van der Waals surface area (Å²) in [6.07, 6.45) is 5.21. The molecule has 29 heavy (non-hydrogen) atoms. The van der Waals surface area contributed by atoms with Crippen molar-refractivity contribution in [1.82, 2.24) is 20.3 Å². The van der Waals surface area contributed by atoms with E-state index in [0.717, 1.165) is 45.8 Å². The van der Waals surface area contributed by atoms with Gasteiger partial charge in [-0.3, -0.25) is 9.78 Å². The molecule has 2 N–H and O–H groups in total. The van der Waals surface area contributed by atoms with Gasteiger partial charge in [-0.1, -0.05) is 0 Å². The van der Waals surface area contributed by atoms with Crippen molar-refractivity contribution < 1.29 is 9.53 Å². The molecule has 0 saturated heterocycles. The van der Waals surface area contributed by atoms with E-state index in [2.05, 4.69) is 25.6 Å². The summed E-state index contributed by atoms with van der Waals surface area (Å²) in [7, 11) is 0. The fraction of sp³-hybridized carbons (Fsp3) is 0.227. The molecule has 0 aliphatic carbocycles. The number of benzene rings is 1. The number of aromatic nitrogens is 3. The fourth-order valence-corrected chi connectivity index (χ4v) is 3.95. The highest BCUT2D eigenvalue weighted by Crippen LogP contribution is 2.23. The minimum atomic E-state index is -0.101. The molecule has 4 rings (SSSR count). The Kier molecular flexibility index (Phi) is 5.86. The van der Waals surface area contributed by atoms with Gasteiger partial charge in [-0.2, -0.15) is 0 Å². The first-order valence-corrected chi connectivity index (χ1v) is 10.5. The van der Waals surface area contributed by atoms with Gasteiger partial charge in [0.1, 0.15) is 11.4 Å². The molecule has 0 radical (unpaired) electrons. The Morgan fingerprint density at radius 3 is 2.90 bits per heavy atom. The Morgan fingerprint density at radius 1 is 1.21 bits per heavy atom. The molecular formula is C22H22N4O2S. The van der Waals surface area contributed by atoms with Crippen molar-refractivity contribution in [3.63, 3.8) is 0 Å². The van der Waals surface area contributed by atoms with E-state index in [1.54, 1.807) is 23.7 Å². The average Bonchev–Trinajstić information content (AvgIpc) is 3.39. The van der Waals surface area contributed by atoms with Crippen LogP contribution in [-0.4, -0.2) is 34.0 Å². The van der Waals surface area contributed by atoms with Gasteiger partial charge >= 0.3 is 0 Å². The van der Waals surface area contributed by atoms with E-state index < -0.39 is 0 Å². The van der Waals surface area contributed by atoms with E-state index >= 15 is 0 Å². The number of hydrogen-bond donors (Lipinski definition) is 2. The van der Waals surface area contributed by atoms with Crippen LogP contribution in [0.1, 0.15) is 28.8 Å². The van der Waals surface area contributed by atoms with E-state index in [-0.39, 0.29) is 5.91 Å². The largest absolute Gasteiger partial charge is 0.494 e. The van der Waals surface area contributed by atoms with Crippen LogP contribution < -0.4 is 10.1 Å². The number of ether oxygens (including phenoxy) is 1. The third kappa shape index (κ3) is 4.63. The maximum Gasteiger partial charge on any atom is 0.267 e. The number of carbonyl (C=O) groups is 1. The van der Waals surface area contributed by atoms with Crippen molar-refractivity contribution in [2.45, 2.75) is 19.8 Å². The first kappa shape index (κ1) is 19.1. The van der Waals surface area contributed by atoms with Crippen molar-refractivity contribution in [1.29, 1.82) is 0 Å². The van der Waals surface area contributed by atoms with Crippen LogP contribution in [0, 0.1) is 0 Å². The highest BCUT2D eigenvalue weighted by molar-refractivity contribution is 7.09. The van der Waals surface area contributed by atoms with Crippen molar-refractivity contribution in [3.8, 4) is 17.0 Å². The van der Waals surface area contributed by atoms with Gasteiger partial charge in [-0.25, -0.2) is 4.98 Å². The minimum absolute atomic E-state index is 0.101. The molecule has 148 valence electrons. The molecule has 1 amide bonds. The Balaban J connectivity index is 1.29. The summed E-state index contributed by atoms with van der Waals surface area (Å²) in [5.74, 6) is 0.694. The zero-order chi connectivity index (χ0) is 20.1. The number of rotatable bonds is 8.